The van der Waals surface area contributed by atoms with E-state index in [1.165, 1.54) is 0 Å². The Balaban J connectivity index is 1.53. The minimum absolute atomic E-state index is 0.00915. The fourth-order valence-electron chi connectivity index (χ4n) is 9.17. The molecule has 32 heavy (non-hydrogen) atoms. The van der Waals surface area contributed by atoms with Crippen LogP contribution in [-0.4, -0.2) is 56.6 Å². The number of hydrogen-bond acceptors (Lipinski definition) is 5. The second-order valence-electron chi connectivity index (χ2n) is 12.8. The summed E-state index contributed by atoms with van der Waals surface area (Å²) >= 11 is 0. The molecule has 0 heterocycles. The topological polar surface area (TPSA) is 101 Å². The smallest absolute Gasteiger partial charge is 0.0602 e. The fraction of sp³-hybridized carbons (Fsp3) is 1.00. The normalized spacial score (nSPS) is 51.3. The molecule has 4 saturated carbocycles. The summed E-state index contributed by atoms with van der Waals surface area (Å²) in [4.78, 5) is 0. The van der Waals surface area contributed by atoms with Crippen LogP contribution in [0.5, 0.6) is 0 Å². The Hall–Kier alpha value is -0.200. The lowest BCUT2D eigenvalue weighted by Gasteiger charge is -2.63. The summed E-state index contributed by atoms with van der Waals surface area (Å²) in [6.45, 7) is 8.82. The zero-order valence-electron chi connectivity index (χ0n) is 20.7. The van der Waals surface area contributed by atoms with E-state index in [1.807, 2.05) is 6.92 Å². The van der Waals surface area contributed by atoms with Crippen molar-refractivity contribution in [3.63, 3.8) is 0 Å². The van der Waals surface area contributed by atoms with Crippen LogP contribution >= 0.6 is 0 Å². The van der Waals surface area contributed by atoms with Crippen LogP contribution in [0.1, 0.15) is 85.5 Å². The van der Waals surface area contributed by atoms with Crippen molar-refractivity contribution in [3.05, 3.63) is 0 Å². The van der Waals surface area contributed by atoms with Gasteiger partial charge in [-0.2, -0.15) is 0 Å². The van der Waals surface area contributed by atoms with Gasteiger partial charge in [-0.3, -0.25) is 0 Å². The van der Waals surface area contributed by atoms with Crippen LogP contribution in [0.25, 0.3) is 0 Å². The molecule has 5 N–H and O–H groups in total. The van der Waals surface area contributed by atoms with Gasteiger partial charge in [0.1, 0.15) is 0 Å². The van der Waals surface area contributed by atoms with E-state index in [0.717, 1.165) is 51.4 Å². The number of rotatable bonds is 6. The number of hydrogen-bond donors (Lipinski definition) is 5. The first-order chi connectivity index (χ1) is 15.0. The fourth-order valence-corrected chi connectivity index (χ4v) is 9.17. The van der Waals surface area contributed by atoms with Gasteiger partial charge in [-0.25, -0.2) is 0 Å². The molecule has 13 atom stereocenters. The lowest BCUT2D eigenvalue weighted by atomic mass is 9.43. The van der Waals surface area contributed by atoms with Crippen molar-refractivity contribution in [1.29, 1.82) is 0 Å². The molecule has 0 spiro atoms. The summed E-state index contributed by atoms with van der Waals surface area (Å²) in [7, 11) is 0. The van der Waals surface area contributed by atoms with E-state index in [0.29, 0.717) is 36.0 Å². The van der Waals surface area contributed by atoms with Crippen LogP contribution in [0.15, 0.2) is 0 Å². The molecule has 4 fully saturated rings. The van der Waals surface area contributed by atoms with Gasteiger partial charge >= 0.3 is 0 Å². The molecule has 186 valence electrons. The molecule has 4 rings (SSSR count). The molecule has 5 nitrogen and oxygen atoms in total. The van der Waals surface area contributed by atoms with Crippen molar-refractivity contribution in [1.82, 2.24) is 0 Å². The zero-order valence-corrected chi connectivity index (χ0v) is 20.7. The van der Waals surface area contributed by atoms with Gasteiger partial charge in [-0.15, -0.1) is 0 Å². The standard InChI is InChI=1S/C27H48O5/c1-15(5-8-22(30)16(2)14-28)19-6-7-20-25-21(13-24(32)27(19,20)4)26(3)10-9-18(29)11-17(26)12-23(25)31/h15-25,28-32H,5-14H2,1-4H3. The molecule has 0 aromatic rings. The first-order valence-electron chi connectivity index (χ1n) is 13.4. The van der Waals surface area contributed by atoms with Gasteiger partial charge in [-0.05, 0) is 104 Å². The van der Waals surface area contributed by atoms with E-state index in [-0.39, 0.29) is 47.6 Å². The quantitative estimate of drug-likeness (QED) is 0.425. The SMILES string of the molecule is CC(CO)C(O)CCC(C)C1CCC2C3C(O)CC4CC(O)CCC4(C)C3CC(O)C12C. The van der Waals surface area contributed by atoms with Gasteiger partial charge in [0.2, 0.25) is 0 Å². The molecule has 0 saturated heterocycles. The molecule has 0 aromatic carbocycles. The third-order valence-electron chi connectivity index (χ3n) is 11.4. The van der Waals surface area contributed by atoms with E-state index in [9.17, 15) is 25.5 Å². The molecule has 0 aliphatic heterocycles. The van der Waals surface area contributed by atoms with E-state index in [1.54, 1.807) is 0 Å². The molecular formula is C27H48O5. The monoisotopic (exact) mass is 452 g/mol. The van der Waals surface area contributed by atoms with Crippen LogP contribution in [0, 0.1) is 52.3 Å². The Labute approximate surface area is 194 Å². The first kappa shape index (κ1) is 24.9. The highest BCUT2D eigenvalue weighted by atomic mass is 16.3. The second-order valence-corrected chi connectivity index (χ2v) is 12.8. The number of fused-ring (bicyclic) bond motifs is 5. The minimum Gasteiger partial charge on any atom is -0.396 e. The summed E-state index contributed by atoms with van der Waals surface area (Å²) in [5.41, 5.74) is -0.0772. The molecule has 0 radical (unpaired) electrons. The summed E-state index contributed by atoms with van der Waals surface area (Å²) in [5.74, 6) is 1.96. The van der Waals surface area contributed by atoms with Gasteiger partial charge in [0.25, 0.3) is 0 Å². The van der Waals surface area contributed by atoms with E-state index >= 15 is 0 Å². The summed E-state index contributed by atoms with van der Waals surface area (Å²) < 4.78 is 0. The third kappa shape index (κ3) is 3.88. The largest absolute Gasteiger partial charge is 0.396 e. The van der Waals surface area contributed by atoms with Gasteiger partial charge in [0.05, 0.1) is 24.4 Å². The van der Waals surface area contributed by atoms with Crippen molar-refractivity contribution >= 4 is 0 Å². The van der Waals surface area contributed by atoms with E-state index in [2.05, 4.69) is 20.8 Å². The highest BCUT2D eigenvalue weighted by Crippen LogP contribution is 2.68. The predicted octanol–water partition coefficient (Wildman–Crippen LogP) is 3.35. The lowest BCUT2D eigenvalue weighted by Crippen LogP contribution is -2.62. The first-order valence-corrected chi connectivity index (χ1v) is 13.4. The van der Waals surface area contributed by atoms with Crippen LogP contribution in [0.3, 0.4) is 0 Å². The highest BCUT2D eigenvalue weighted by Gasteiger charge is 2.65. The van der Waals surface area contributed by atoms with Crippen LogP contribution in [0.4, 0.5) is 0 Å². The Morgan fingerprint density at radius 3 is 2.31 bits per heavy atom. The molecule has 0 aromatic heterocycles. The van der Waals surface area contributed by atoms with Crippen molar-refractivity contribution in [2.45, 2.75) is 110 Å². The van der Waals surface area contributed by atoms with Gasteiger partial charge in [0.15, 0.2) is 0 Å². The molecular weight excluding hydrogens is 404 g/mol. The number of aliphatic hydroxyl groups excluding tert-OH is 5. The maximum absolute atomic E-state index is 11.6. The Morgan fingerprint density at radius 2 is 1.62 bits per heavy atom. The maximum atomic E-state index is 11.6. The summed E-state index contributed by atoms with van der Waals surface area (Å²) in [6, 6.07) is 0. The van der Waals surface area contributed by atoms with Crippen molar-refractivity contribution in [2.24, 2.45) is 52.3 Å². The molecule has 0 amide bonds. The minimum atomic E-state index is -0.480. The third-order valence-corrected chi connectivity index (χ3v) is 11.4. The van der Waals surface area contributed by atoms with Crippen LogP contribution in [-0.2, 0) is 0 Å². The van der Waals surface area contributed by atoms with Gasteiger partial charge in [0, 0.05) is 12.5 Å². The zero-order chi connectivity index (χ0) is 23.4. The van der Waals surface area contributed by atoms with Gasteiger partial charge in [-0.1, -0.05) is 27.7 Å². The summed E-state index contributed by atoms with van der Waals surface area (Å²) in [5, 5.41) is 52.9. The Morgan fingerprint density at radius 1 is 0.906 bits per heavy atom. The maximum Gasteiger partial charge on any atom is 0.0602 e. The van der Waals surface area contributed by atoms with Crippen molar-refractivity contribution in [3.8, 4) is 0 Å². The highest BCUT2D eigenvalue weighted by molar-refractivity contribution is 5.14. The van der Waals surface area contributed by atoms with Crippen LogP contribution < -0.4 is 0 Å². The van der Waals surface area contributed by atoms with E-state index in [4.69, 9.17) is 0 Å². The van der Waals surface area contributed by atoms with Gasteiger partial charge < -0.3 is 25.5 Å². The summed E-state index contributed by atoms with van der Waals surface area (Å²) in [6.07, 6.45) is 6.54. The average Bonchev–Trinajstić information content (AvgIpc) is 3.11. The second kappa shape index (κ2) is 9.11. The average molecular weight is 453 g/mol. The number of aliphatic hydroxyl groups is 5. The van der Waals surface area contributed by atoms with Crippen LogP contribution in [0.2, 0.25) is 0 Å². The molecule has 5 heteroatoms. The van der Waals surface area contributed by atoms with Crippen molar-refractivity contribution in [2.75, 3.05) is 6.61 Å². The molecule has 4 aliphatic rings. The predicted molar refractivity (Wildman–Crippen MR) is 125 cm³/mol. The Kier molecular flexibility index (Phi) is 7.09. The molecule has 4 aliphatic carbocycles. The molecule has 13 unspecified atom stereocenters. The van der Waals surface area contributed by atoms with E-state index < -0.39 is 6.10 Å². The Bertz CT molecular complexity index is 656. The van der Waals surface area contributed by atoms with Crippen molar-refractivity contribution < 1.29 is 25.5 Å². The lowest BCUT2D eigenvalue weighted by molar-refractivity contribution is -0.207. The molecule has 0 bridgehead atoms.